The van der Waals surface area contributed by atoms with Gasteiger partial charge in [0, 0.05) is 11.4 Å². The molecule has 0 aliphatic heterocycles. The topological polar surface area (TPSA) is 42.2 Å². The average Bonchev–Trinajstić information content (AvgIpc) is 2.58. The van der Waals surface area contributed by atoms with Crippen LogP contribution in [0.25, 0.3) is 0 Å². The molecule has 4 heteroatoms. The summed E-state index contributed by atoms with van der Waals surface area (Å²) < 4.78 is 5.36. The number of hydrogen-bond acceptors (Lipinski definition) is 2. The number of furan rings is 1. The lowest BCUT2D eigenvalue weighted by atomic mass is 9.95. The van der Waals surface area contributed by atoms with Crippen LogP contribution < -0.4 is 5.32 Å². The average molecular weight is 258 g/mol. The molecule has 0 fully saturated rings. The first-order valence-electron chi connectivity index (χ1n) is 5.87. The van der Waals surface area contributed by atoms with Crippen LogP contribution in [0.4, 0.5) is 0 Å². The maximum Gasteiger partial charge on any atom is 0.255 e. The fourth-order valence-corrected chi connectivity index (χ4v) is 2.15. The van der Waals surface area contributed by atoms with Gasteiger partial charge in [0.15, 0.2) is 0 Å². The molecule has 1 amide bonds. The highest BCUT2D eigenvalue weighted by atomic mass is 35.5. The highest BCUT2D eigenvalue weighted by Gasteiger charge is 2.25. The van der Waals surface area contributed by atoms with Crippen LogP contribution in [0.15, 0.2) is 10.5 Å². The first-order chi connectivity index (χ1) is 7.91. The van der Waals surface area contributed by atoms with Crippen LogP contribution in [-0.2, 0) is 0 Å². The summed E-state index contributed by atoms with van der Waals surface area (Å²) in [4.78, 5) is 12.1. The number of hydrogen-bond donors (Lipinski definition) is 1. The molecule has 0 aliphatic rings. The van der Waals surface area contributed by atoms with Gasteiger partial charge in [-0.05, 0) is 39.7 Å². The molecular weight excluding hydrogens is 238 g/mol. The van der Waals surface area contributed by atoms with Gasteiger partial charge >= 0.3 is 0 Å². The first-order valence-corrected chi connectivity index (χ1v) is 6.41. The van der Waals surface area contributed by atoms with Crippen LogP contribution in [0.5, 0.6) is 0 Å². The van der Waals surface area contributed by atoms with Gasteiger partial charge in [-0.25, -0.2) is 0 Å². The fourth-order valence-electron chi connectivity index (χ4n) is 1.73. The highest BCUT2D eigenvalue weighted by molar-refractivity contribution is 6.17. The van der Waals surface area contributed by atoms with Crippen molar-refractivity contribution in [1.29, 1.82) is 0 Å². The minimum atomic E-state index is -0.254. The zero-order chi connectivity index (χ0) is 13.1. The Kier molecular flexibility index (Phi) is 4.63. The molecule has 0 saturated heterocycles. The molecule has 1 heterocycles. The molecule has 1 unspecified atom stereocenters. The Bertz CT molecular complexity index is 400. The van der Waals surface area contributed by atoms with E-state index in [1.807, 2.05) is 20.8 Å². The Labute approximate surface area is 108 Å². The van der Waals surface area contributed by atoms with Crippen molar-refractivity contribution in [2.75, 3.05) is 5.88 Å². The lowest BCUT2D eigenvalue weighted by Gasteiger charge is -2.28. The van der Waals surface area contributed by atoms with E-state index in [4.69, 9.17) is 16.0 Å². The van der Waals surface area contributed by atoms with Crippen molar-refractivity contribution in [3.63, 3.8) is 0 Å². The molecule has 17 heavy (non-hydrogen) atoms. The van der Waals surface area contributed by atoms with E-state index >= 15 is 0 Å². The molecular formula is C13H20ClNO2. The standard InChI is InChI=1S/C13H20ClNO2/c1-5-13(4,6-7-14)15-12(16)11-8-9(2)17-10(11)3/h8H,5-7H2,1-4H3,(H,15,16). The quantitative estimate of drug-likeness (QED) is 0.822. The minimum absolute atomic E-state index is 0.0891. The van der Waals surface area contributed by atoms with Crippen LogP contribution >= 0.6 is 11.6 Å². The van der Waals surface area contributed by atoms with E-state index in [1.54, 1.807) is 13.0 Å². The number of alkyl halides is 1. The molecule has 1 rings (SSSR count). The zero-order valence-electron chi connectivity index (χ0n) is 10.9. The van der Waals surface area contributed by atoms with E-state index in [1.165, 1.54) is 0 Å². The van der Waals surface area contributed by atoms with Gasteiger partial charge in [0.05, 0.1) is 5.56 Å². The number of rotatable bonds is 5. The van der Waals surface area contributed by atoms with Crippen LogP contribution in [0.1, 0.15) is 48.6 Å². The summed E-state index contributed by atoms with van der Waals surface area (Å²) in [7, 11) is 0. The molecule has 0 bridgehead atoms. The Balaban J connectivity index is 2.81. The maximum atomic E-state index is 12.1. The second-order valence-corrected chi connectivity index (χ2v) is 5.01. The summed E-state index contributed by atoms with van der Waals surface area (Å²) in [5.41, 5.74) is 0.355. The van der Waals surface area contributed by atoms with Crippen molar-refractivity contribution in [2.45, 2.75) is 46.1 Å². The smallest absolute Gasteiger partial charge is 0.255 e. The number of carbonyl (C=O) groups is 1. The normalized spacial score (nSPS) is 14.4. The van der Waals surface area contributed by atoms with Crippen molar-refractivity contribution in [3.8, 4) is 0 Å². The van der Waals surface area contributed by atoms with Crippen LogP contribution in [-0.4, -0.2) is 17.3 Å². The van der Waals surface area contributed by atoms with E-state index in [-0.39, 0.29) is 11.4 Å². The van der Waals surface area contributed by atoms with Crippen LogP contribution in [0, 0.1) is 13.8 Å². The molecule has 0 aliphatic carbocycles. The van der Waals surface area contributed by atoms with E-state index in [2.05, 4.69) is 5.32 Å². The molecule has 0 saturated carbocycles. The van der Waals surface area contributed by atoms with Crippen molar-refractivity contribution >= 4 is 17.5 Å². The van der Waals surface area contributed by atoms with Gasteiger partial charge in [0.1, 0.15) is 11.5 Å². The van der Waals surface area contributed by atoms with Gasteiger partial charge in [0.2, 0.25) is 0 Å². The fraction of sp³-hybridized carbons (Fsp3) is 0.615. The maximum absolute atomic E-state index is 12.1. The van der Waals surface area contributed by atoms with Crippen molar-refractivity contribution < 1.29 is 9.21 Å². The SMILES string of the molecule is CCC(C)(CCCl)NC(=O)c1cc(C)oc1C. The van der Waals surface area contributed by atoms with Gasteiger partial charge in [0.25, 0.3) is 5.91 Å². The number of amides is 1. The third-order valence-electron chi connectivity index (χ3n) is 3.13. The highest BCUT2D eigenvalue weighted by Crippen LogP contribution is 2.19. The van der Waals surface area contributed by atoms with Gasteiger partial charge in [-0.3, -0.25) is 4.79 Å². The summed E-state index contributed by atoms with van der Waals surface area (Å²) >= 11 is 5.76. The molecule has 0 spiro atoms. The van der Waals surface area contributed by atoms with E-state index in [9.17, 15) is 4.79 Å². The molecule has 1 N–H and O–H groups in total. The number of nitrogens with one attached hydrogen (secondary N) is 1. The Morgan fingerprint density at radius 2 is 2.18 bits per heavy atom. The second kappa shape index (κ2) is 5.58. The molecule has 1 atom stereocenters. The summed E-state index contributed by atoms with van der Waals surface area (Å²) in [6, 6.07) is 1.77. The summed E-state index contributed by atoms with van der Waals surface area (Å²) in [6.45, 7) is 7.68. The van der Waals surface area contributed by atoms with Gasteiger partial charge in [-0.1, -0.05) is 6.92 Å². The number of aryl methyl sites for hydroxylation is 2. The lowest BCUT2D eigenvalue weighted by molar-refractivity contribution is 0.0900. The van der Waals surface area contributed by atoms with Crippen molar-refractivity contribution in [1.82, 2.24) is 5.32 Å². The minimum Gasteiger partial charge on any atom is -0.466 e. The van der Waals surface area contributed by atoms with Gasteiger partial charge < -0.3 is 9.73 Å². The van der Waals surface area contributed by atoms with E-state index < -0.39 is 0 Å². The summed E-state index contributed by atoms with van der Waals surface area (Å²) in [5, 5.41) is 3.03. The number of halogens is 1. The van der Waals surface area contributed by atoms with Crippen LogP contribution in [0.2, 0.25) is 0 Å². The molecule has 96 valence electrons. The summed E-state index contributed by atoms with van der Waals surface area (Å²) in [5.74, 6) is 1.86. The monoisotopic (exact) mass is 257 g/mol. The van der Waals surface area contributed by atoms with Crippen molar-refractivity contribution in [3.05, 3.63) is 23.2 Å². The third kappa shape index (κ3) is 3.50. The molecule has 0 radical (unpaired) electrons. The van der Waals surface area contributed by atoms with Crippen LogP contribution in [0.3, 0.4) is 0 Å². The second-order valence-electron chi connectivity index (χ2n) is 4.63. The molecule has 3 nitrogen and oxygen atoms in total. The predicted octanol–water partition coefficient (Wildman–Crippen LogP) is 3.42. The van der Waals surface area contributed by atoms with Gasteiger partial charge in [-0.2, -0.15) is 0 Å². The third-order valence-corrected chi connectivity index (χ3v) is 3.32. The Morgan fingerprint density at radius 1 is 1.53 bits per heavy atom. The first kappa shape index (κ1) is 14.1. The Morgan fingerprint density at radius 3 is 2.59 bits per heavy atom. The molecule has 1 aromatic rings. The number of carbonyl (C=O) groups excluding carboxylic acids is 1. The predicted molar refractivity (Wildman–Crippen MR) is 69.7 cm³/mol. The zero-order valence-corrected chi connectivity index (χ0v) is 11.6. The lowest BCUT2D eigenvalue weighted by Crippen LogP contribution is -2.45. The molecule has 0 aromatic carbocycles. The van der Waals surface area contributed by atoms with E-state index in [0.29, 0.717) is 17.2 Å². The molecule has 1 aromatic heterocycles. The summed E-state index contributed by atoms with van der Waals surface area (Å²) in [6.07, 6.45) is 1.61. The van der Waals surface area contributed by atoms with E-state index in [0.717, 1.165) is 18.6 Å². The van der Waals surface area contributed by atoms with Crippen molar-refractivity contribution in [2.24, 2.45) is 0 Å². The largest absolute Gasteiger partial charge is 0.466 e. The van der Waals surface area contributed by atoms with Gasteiger partial charge in [-0.15, -0.1) is 11.6 Å². The Hall–Kier alpha value is -0.960.